The zero-order valence-corrected chi connectivity index (χ0v) is 20.5. The first-order chi connectivity index (χ1) is 17.9. The lowest BCUT2D eigenvalue weighted by molar-refractivity contribution is -0.140. The quantitative estimate of drug-likeness (QED) is 0.529. The topological polar surface area (TPSA) is 98.8 Å². The van der Waals surface area contributed by atoms with Crippen LogP contribution in [0.5, 0.6) is 0 Å². The summed E-state index contributed by atoms with van der Waals surface area (Å²) < 4.78 is 0. The molecule has 2 N–H and O–H groups in total. The van der Waals surface area contributed by atoms with E-state index in [-0.39, 0.29) is 5.91 Å². The van der Waals surface area contributed by atoms with Gasteiger partial charge in [0.1, 0.15) is 0 Å². The molecule has 3 aromatic rings. The Kier molecular flexibility index (Phi) is 6.48. The van der Waals surface area contributed by atoms with Gasteiger partial charge in [-0.2, -0.15) is 5.01 Å². The lowest BCUT2D eigenvalue weighted by atomic mass is 9.83. The summed E-state index contributed by atoms with van der Waals surface area (Å²) in [5.74, 6) is -1.47. The third-order valence-corrected chi connectivity index (χ3v) is 7.19. The summed E-state index contributed by atoms with van der Waals surface area (Å²) in [6.07, 6.45) is 0.880. The normalized spacial score (nSPS) is 17.4. The average Bonchev–Trinajstić information content (AvgIpc) is 3.19. The first-order valence-electron chi connectivity index (χ1n) is 12.3. The summed E-state index contributed by atoms with van der Waals surface area (Å²) in [5, 5.41) is 3.61. The van der Waals surface area contributed by atoms with Crippen molar-refractivity contribution in [2.45, 2.75) is 25.3 Å². The van der Waals surface area contributed by atoms with Crippen molar-refractivity contribution in [2.24, 2.45) is 5.92 Å². The summed E-state index contributed by atoms with van der Waals surface area (Å²) >= 11 is 0. The highest BCUT2D eigenvalue weighted by Gasteiger charge is 2.54. The number of hydrogen-bond donors (Lipinski definition) is 2. The molecule has 37 heavy (non-hydrogen) atoms. The number of urea groups is 1. The lowest BCUT2D eigenvalue weighted by Gasteiger charge is -2.32. The number of nitrogens with zero attached hydrogens (tertiary/aromatic N) is 2. The zero-order valence-electron chi connectivity index (χ0n) is 20.5. The van der Waals surface area contributed by atoms with Crippen LogP contribution in [0, 0.1) is 12.8 Å². The van der Waals surface area contributed by atoms with E-state index in [1.165, 1.54) is 0 Å². The van der Waals surface area contributed by atoms with Gasteiger partial charge in [-0.25, -0.2) is 4.79 Å². The molecule has 2 heterocycles. The first kappa shape index (κ1) is 24.2. The van der Waals surface area contributed by atoms with Gasteiger partial charge >= 0.3 is 6.03 Å². The van der Waals surface area contributed by atoms with E-state index in [1.807, 2.05) is 37.3 Å². The minimum absolute atomic E-state index is 0.0541. The molecule has 8 heteroatoms. The van der Waals surface area contributed by atoms with E-state index in [2.05, 4.69) is 10.7 Å². The molecule has 2 fully saturated rings. The summed E-state index contributed by atoms with van der Waals surface area (Å²) in [4.78, 5) is 54.6. The van der Waals surface area contributed by atoms with E-state index >= 15 is 0 Å². The molecular weight excluding hydrogens is 468 g/mol. The van der Waals surface area contributed by atoms with Crippen LogP contribution in [-0.2, 0) is 15.1 Å². The Hall–Kier alpha value is -4.46. The molecule has 0 radical (unpaired) electrons. The minimum atomic E-state index is -1.45. The monoisotopic (exact) mass is 496 g/mol. The maximum absolute atomic E-state index is 13.8. The average molecular weight is 497 g/mol. The molecule has 5 amide bonds. The Balaban J connectivity index is 1.30. The summed E-state index contributed by atoms with van der Waals surface area (Å²) in [6.45, 7) is 2.74. The van der Waals surface area contributed by atoms with Crippen LogP contribution in [0.15, 0.2) is 84.9 Å². The van der Waals surface area contributed by atoms with E-state index in [0.29, 0.717) is 42.6 Å². The van der Waals surface area contributed by atoms with Crippen molar-refractivity contribution in [3.05, 3.63) is 107 Å². The molecule has 0 aliphatic carbocycles. The maximum atomic E-state index is 13.8. The number of rotatable bonds is 5. The van der Waals surface area contributed by atoms with Crippen LogP contribution in [0.2, 0.25) is 0 Å². The highest BCUT2D eigenvalue weighted by Crippen LogP contribution is 2.35. The Morgan fingerprint density at radius 1 is 0.838 bits per heavy atom. The molecule has 0 aromatic heterocycles. The molecule has 2 aliphatic heterocycles. The molecule has 188 valence electrons. The molecule has 3 aromatic carbocycles. The number of carbonyl (C=O) groups is 4. The number of hydrogen-bond acceptors (Lipinski definition) is 4. The molecular formula is C29H28N4O4. The van der Waals surface area contributed by atoms with Crippen molar-refractivity contribution in [3.63, 3.8) is 0 Å². The summed E-state index contributed by atoms with van der Waals surface area (Å²) in [5.41, 5.74) is 3.87. The second-order valence-corrected chi connectivity index (χ2v) is 9.41. The minimum Gasteiger partial charge on any atom is -0.339 e. The van der Waals surface area contributed by atoms with E-state index in [1.54, 1.807) is 59.5 Å². The van der Waals surface area contributed by atoms with Crippen molar-refractivity contribution < 1.29 is 19.2 Å². The SMILES string of the molecule is Cc1ccccc1C(=O)N1CCC(C(=O)NN2C(=O)NC(c3ccccc3)(c3ccccc3)C2=O)CC1. The Morgan fingerprint density at radius 3 is 1.95 bits per heavy atom. The highest BCUT2D eigenvalue weighted by atomic mass is 16.2. The van der Waals surface area contributed by atoms with Gasteiger partial charge in [0.15, 0.2) is 5.54 Å². The van der Waals surface area contributed by atoms with Gasteiger partial charge in [-0.05, 0) is 42.5 Å². The molecule has 0 bridgehead atoms. The van der Waals surface area contributed by atoms with Crippen LogP contribution in [-0.4, -0.2) is 46.8 Å². The van der Waals surface area contributed by atoms with Crippen molar-refractivity contribution in [2.75, 3.05) is 13.1 Å². The Labute approximate surface area is 215 Å². The molecule has 0 spiro atoms. The number of aryl methyl sites for hydroxylation is 1. The van der Waals surface area contributed by atoms with Crippen molar-refractivity contribution in [1.29, 1.82) is 0 Å². The van der Waals surface area contributed by atoms with E-state index in [0.717, 1.165) is 10.6 Å². The third-order valence-electron chi connectivity index (χ3n) is 7.19. The predicted octanol–water partition coefficient (Wildman–Crippen LogP) is 3.37. The standard InChI is InChI=1S/C29H28N4O4/c1-20-10-8-9-15-24(20)26(35)32-18-16-21(17-19-32)25(34)31-33-27(36)29(30-28(33)37,22-11-4-2-5-12-22)23-13-6-3-7-14-23/h2-15,21H,16-19H2,1H3,(H,30,37)(H,31,34). The van der Waals surface area contributed by atoms with Crippen molar-refractivity contribution in [1.82, 2.24) is 20.7 Å². The third kappa shape index (κ3) is 4.35. The Morgan fingerprint density at radius 2 is 1.38 bits per heavy atom. The smallest absolute Gasteiger partial charge is 0.339 e. The van der Waals surface area contributed by atoms with Crippen LogP contribution >= 0.6 is 0 Å². The fourth-order valence-corrected chi connectivity index (χ4v) is 5.09. The zero-order chi connectivity index (χ0) is 26.0. The number of carbonyl (C=O) groups excluding carboxylic acids is 4. The van der Waals surface area contributed by atoms with Gasteiger partial charge in [-0.15, -0.1) is 0 Å². The fraction of sp³-hybridized carbons (Fsp3) is 0.241. The van der Waals surface area contributed by atoms with E-state index in [9.17, 15) is 19.2 Å². The predicted molar refractivity (Wildman–Crippen MR) is 137 cm³/mol. The molecule has 2 saturated heterocycles. The largest absolute Gasteiger partial charge is 0.344 e. The molecule has 8 nitrogen and oxygen atoms in total. The maximum Gasteiger partial charge on any atom is 0.344 e. The molecule has 0 saturated carbocycles. The van der Waals surface area contributed by atoms with E-state index < -0.39 is 29.3 Å². The van der Waals surface area contributed by atoms with Gasteiger partial charge in [0, 0.05) is 24.6 Å². The van der Waals surface area contributed by atoms with Crippen molar-refractivity contribution >= 4 is 23.8 Å². The molecule has 5 rings (SSSR count). The lowest BCUT2D eigenvalue weighted by Crippen LogP contribution is -2.52. The fourth-order valence-electron chi connectivity index (χ4n) is 5.09. The van der Waals surface area contributed by atoms with Gasteiger partial charge in [0.05, 0.1) is 0 Å². The number of likely N-dealkylation sites (tertiary alicyclic amines) is 1. The van der Waals surface area contributed by atoms with Crippen LogP contribution < -0.4 is 10.7 Å². The second kappa shape index (κ2) is 9.89. The molecule has 0 atom stereocenters. The van der Waals surface area contributed by atoms with Gasteiger partial charge in [0.25, 0.3) is 11.8 Å². The number of piperidine rings is 1. The summed E-state index contributed by atoms with van der Waals surface area (Å²) in [6, 6.07) is 24.7. The first-order valence-corrected chi connectivity index (χ1v) is 12.3. The summed E-state index contributed by atoms with van der Waals surface area (Å²) in [7, 11) is 0. The highest BCUT2D eigenvalue weighted by molar-refractivity contribution is 6.10. The number of amides is 5. The number of hydrazine groups is 1. The van der Waals surface area contributed by atoms with Crippen LogP contribution in [0.4, 0.5) is 4.79 Å². The van der Waals surface area contributed by atoms with Gasteiger partial charge < -0.3 is 10.2 Å². The number of benzene rings is 3. The number of imide groups is 1. The van der Waals surface area contributed by atoms with Crippen LogP contribution in [0.25, 0.3) is 0 Å². The van der Waals surface area contributed by atoms with Gasteiger partial charge in [-0.1, -0.05) is 78.9 Å². The van der Waals surface area contributed by atoms with Gasteiger partial charge in [-0.3, -0.25) is 19.8 Å². The van der Waals surface area contributed by atoms with Gasteiger partial charge in [0.2, 0.25) is 5.91 Å². The molecule has 2 aliphatic rings. The van der Waals surface area contributed by atoms with Crippen LogP contribution in [0.3, 0.4) is 0 Å². The van der Waals surface area contributed by atoms with E-state index in [4.69, 9.17) is 0 Å². The molecule has 0 unspecified atom stereocenters. The van der Waals surface area contributed by atoms with Crippen LogP contribution in [0.1, 0.15) is 39.9 Å². The van der Waals surface area contributed by atoms with Crippen molar-refractivity contribution in [3.8, 4) is 0 Å². The second-order valence-electron chi connectivity index (χ2n) is 9.41. The number of nitrogens with one attached hydrogen (secondary N) is 2. The Bertz CT molecular complexity index is 1290.